The van der Waals surface area contributed by atoms with Gasteiger partial charge in [0.15, 0.2) is 0 Å². The van der Waals surface area contributed by atoms with Crippen LogP contribution in [0.2, 0.25) is 0 Å². The van der Waals surface area contributed by atoms with Gasteiger partial charge in [-0.15, -0.1) is 0 Å². The number of aliphatic hydroxyl groups is 1. The normalized spacial score (nSPS) is 23.2. The quantitative estimate of drug-likeness (QED) is 0.761. The summed E-state index contributed by atoms with van der Waals surface area (Å²) in [6, 6.07) is 16.5. The summed E-state index contributed by atoms with van der Waals surface area (Å²) < 4.78 is 0. The van der Waals surface area contributed by atoms with E-state index in [0.29, 0.717) is 12.0 Å². The Morgan fingerprint density at radius 1 is 1.03 bits per heavy atom. The molecule has 1 N–H and O–H groups in total. The third kappa shape index (κ3) is 4.68. The molecule has 2 aromatic rings. The Balaban J connectivity index is 1.57. The summed E-state index contributed by atoms with van der Waals surface area (Å²) in [6.45, 7) is 4.58. The highest BCUT2D eigenvalue weighted by molar-refractivity contribution is 5.95. The first kappa shape index (κ1) is 23.5. The number of fused-ring (bicyclic) bond motifs is 1. The van der Waals surface area contributed by atoms with Crippen LogP contribution in [0.1, 0.15) is 48.0 Å². The zero-order valence-electron chi connectivity index (χ0n) is 19.9. The molecular formula is C27H35N3O3. The van der Waals surface area contributed by atoms with Gasteiger partial charge < -0.3 is 14.9 Å². The molecule has 2 saturated heterocycles. The molecule has 2 heterocycles. The van der Waals surface area contributed by atoms with Crippen molar-refractivity contribution in [2.24, 2.45) is 0 Å². The Morgan fingerprint density at radius 2 is 1.76 bits per heavy atom. The number of carbonyl (C=O) groups is 2. The van der Waals surface area contributed by atoms with Crippen molar-refractivity contribution >= 4 is 11.8 Å². The van der Waals surface area contributed by atoms with Gasteiger partial charge in [-0.1, -0.05) is 43.3 Å². The summed E-state index contributed by atoms with van der Waals surface area (Å²) in [5.41, 5.74) is 3.94. The average molecular weight is 450 g/mol. The Kier molecular flexibility index (Phi) is 7.15. The van der Waals surface area contributed by atoms with E-state index in [9.17, 15) is 14.7 Å². The van der Waals surface area contributed by atoms with Crippen LogP contribution in [-0.4, -0.2) is 84.0 Å². The maximum atomic E-state index is 12.5. The van der Waals surface area contributed by atoms with Gasteiger partial charge in [-0.2, -0.15) is 0 Å². The monoisotopic (exact) mass is 449 g/mol. The maximum Gasteiger partial charge on any atom is 0.253 e. The van der Waals surface area contributed by atoms with Crippen LogP contribution in [0, 0.1) is 0 Å². The first-order valence-corrected chi connectivity index (χ1v) is 12.0. The van der Waals surface area contributed by atoms with Crippen molar-refractivity contribution in [3.05, 3.63) is 59.7 Å². The SMILES string of the molecule is CCC(=O)N1CCCCN2[C@H](C1)[C@H](c1ccc(-c3cccc(C(=O)N(C)C)c3)cc1)[C@@H]2CO. The number of amides is 2. The van der Waals surface area contributed by atoms with E-state index >= 15 is 0 Å². The molecule has 0 bridgehead atoms. The van der Waals surface area contributed by atoms with Crippen LogP contribution in [0.5, 0.6) is 0 Å². The zero-order chi connectivity index (χ0) is 23.5. The molecule has 2 aliphatic rings. The molecule has 6 nitrogen and oxygen atoms in total. The van der Waals surface area contributed by atoms with E-state index in [4.69, 9.17) is 0 Å². The largest absolute Gasteiger partial charge is 0.395 e. The Hall–Kier alpha value is -2.70. The van der Waals surface area contributed by atoms with Gasteiger partial charge in [0.1, 0.15) is 0 Å². The second kappa shape index (κ2) is 10.1. The number of carbonyl (C=O) groups excluding carboxylic acids is 2. The third-order valence-electron chi connectivity index (χ3n) is 7.17. The smallest absolute Gasteiger partial charge is 0.253 e. The molecule has 6 heteroatoms. The van der Waals surface area contributed by atoms with Crippen molar-refractivity contribution in [3.8, 4) is 11.1 Å². The molecule has 2 aromatic carbocycles. The lowest BCUT2D eigenvalue weighted by Gasteiger charge is -2.57. The summed E-state index contributed by atoms with van der Waals surface area (Å²) in [5, 5.41) is 10.1. The minimum Gasteiger partial charge on any atom is -0.395 e. The molecule has 4 rings (SSSR count). The lowest BCUT2D eigenvalue weighted by Crippen LogP contribution is -2.67. The maximum absolute atomic E-state index is 12.5. The summed E-state index contributed by atoms with van der Waals surface area (Å²) in [4.78, 5) is 30.8. The van der Waals surface area contributed by atoms with Crippen molar-refractivity contribution in [2.45, 2.75) is 44.2 Å². The number of hydrogen-bond acceptors (Lipinski definition) is 4. The number of benzene rings is 2. The van der Waals surface area contributed by atoms with E-state index in [1.54, 1.807) is 19.0 Å². The summed E-state index contributed by atoms with van der Waals surface area (Å²) in [5.74, 6) is 0.408. The van der Waals surface area contributed by atoms with Crippen molar-refractivity contribution in [3.63, 3.8) is 0 Å². The van der Waals surface area contributed by atoms with Gasteiger partial charge in [-0.3, -0.25) is 14.5 Å². The molecule has 0 radical (unpaired) electrons. The second-order valence-electron chi connectivity index (χ2n) is 9.38. The second-order valence-corrected chi connectivity index (χ2v) is 9.38. The number of rotatable bonds is 5. The van der Waals surface area contributed by atoms with Crippen molar-refractivity contribution in [1.82, 2.24) is 14.7 Å². The first-order valence-electron chi connectivity index (χ1n) is 12.0. The highest BCUT2D eigenvalue weighted by atomic mass is 16.3. The van der Waals surface area contributed by atoms with E-state index < -0.39 is 0 Å². The lowest BCUT2D eigenvalue weighted by molar-refractivity contribution is -0.136. The molecule has 0 aliphatic carbocycles. The van der Waals surface area contributed by atoms with Crippen molar-refractivity contribution in [1.29, 1.82) is 0 Å². The third-order valence-corrected chi connectivity index (χ3v) is 7.17. The van der Waals surface area contributed by atoms with Crippen LogP contribution in [0.3, 0.4) is 0 Å². The Bertz CT molecular complexity index is 988. The number of hydrogen-bond donors (Lipinski definition) is 1. The highest BCUT2D eigenvalue weighted by Gasteiger charge is 2.49. The zero-order valence-corrected chi connectivity index (χ0v) is 19.9. The van der Waals surface area contributed by atoms with E-state index in [0.717, 1.165) is 43.6 Å². The molecule has 33 heavy (non-hydrogen) atoms. The van der Waals surface area contributed by atoms with Crippen LogP contribution < -0.4 is 0 Å². The fourth-order valence-electron chi connectivity index (χ4n) is 5.38. The van der Waals surface area contributed by atoms with Gasteiger partial charge in [0.2, 0.25) is 5.91 Å². The molecule has 3 atom stereocenters. The average Bonchev–Trinajstić information content (AvgIpc) is 2.82. The summed E-state index contributed by atoms with van der Waals surface area (Å²) >= 11 is 0. The molecule has 2 fully saturated rings. The van der Waals surface area contributed by atoms with E-state index in [1.165, 1.54) is 5.56 Å². The van der Waals surface area contributed by atoms with Gasteiger partial charge in [-0.25, -0.2) is 0 Å². The summed E-state index contributed by atoms with van der Waals surface area (Å²) in [6.07, 6.45) is 2.60. The minimum atomic E-state index is -0.00993. The molecule has 2 amide bonds. The Labute approximate surface area is 196 Å². The van der Waals surface area contributed by atoms with Crippen LogP contribution in [-0.2, 0) is 4.79 Å². The van der Waals surface area contributed by atoms with Crippen LogP contribution in [0.15, 0.2) is 48.5 Å². The molecule has 0 saturated carbocycles. The molecular weight excluding hydrogens is 414 g/mol. The van der Waals surface area contributed by atoms with Gasteiger partial charge >= 0.3 is 0 Å². The summed E-state index contributed by atoms with van der Waals surface area (Å²) in [7, 11) is 3.52. The fraction of sp³-hybridized carbons (Fsp3) is 0.481. The molecule has 2 aliphatic heterocycles. The van der Waals surface area contributed by atoms with Crippen molar-refractivity contribution < 1.29 is 14.7 Å². The van der Waals surface area contributed by atoms with Crippen molar-refractivity contribution in [2.75, 3.05) is 40.3 Å². The van der Waals surface area contributed by atoms with Gasteiger partial charge in [0.25, 0.3) is 5.91 Å². The van der Waals surface area contributed by atoms with Gasteiger partial charge in [0.05, 0.1) is 6.61 Å². The standard InChI is InChI=1S/C27H35N3O3/c1-4-25(32)29-14-5-6-15-30-23(17-29)26(24(30)18-31)20-12-10-19(11-13-20)21-8-7-9-22(16-21)27(33)28(2)3/h7-13,16,23-24,26,31H,4-6,14-15,17-18H2,1-3H3/t23-,24+,26+/m1/s1. The van der Waals surface area contributed by atoms with Crippen LogP contribution >= 0.6 is 0 Å². The number of aliphatic hydroxyl groups excluding tert-OH is 1. The lowest BCUT2D eigenvalue weighted by atomic mass is 9.74. The number of nitrogens with zero attached hydrogens (tertiary/aromatic N) is 3. The van der Waals surface area contributed by atoms with Crippen LogP contribution in [0.4, 0.5) is 0 Å². The molecule has 176 valence electrons. The first-order chi connectivity index (χ1) is 15.9. The molecule has 0 unspecified atom stereocenters. The highest BCUT2D eigenvalue weighted by Crippen LogP contribution is 2.42. The molecule has 0 aromatic heterocycles. The predicted molar refractivity (Wildman–Crippen MR) is 130 cm³/mol. The van der Waals surface area contributed by atoms with Crippen LogP contribution in [0.25, 0.3) is 11.1 Å². The minimum absolute atomic E-state index is 0.00993. The van der Waals surface area contributed by atoms with Gasteiger partial charge in [0, 0.05) is 57.2 Å². The van der Waals surface area contributed by atoms with E-state index in [1.807, 2.05) is 36.1 Å². The molecule has 0 spiro atoms. The van der Waals surface area contributed by atoms with Gasteiger partial charge in [-0.05, 0) is 48.2 Å². The van der Waals surface area contributed by atoms with E-state index in [-0.39, 0.29) is 36.4 Å². The fourth-order valence-corrected chi connectivity index (χ4v) is 5.38. The Morgan fingerprint density at radius 3 is 2.42 bits per heavy atom. The topological polar surface area (TPSA) is 64.1 Å². The van der Waals surface area contributed by atoms with E-state index in [2.05, 4.69) is 29.2 Å². The predicted octanol–water partition coefficient (Wildman–Crippen LogP) is 3.22.